The summed E-state index contributed by atoms with van der Waals surface area (Å²) in [6.45, 7) is 4.78. The Morgan fingerprint density at radius 1 is 1.10 bits per heavy atom. The highest BCUT2D eigenvalue weighted by molar-refractivity contribution is 7.51. The highest BCUT2D eigenvalue weighted by Gasteiger charge is 2.32. The molecule has 2 saturated heterocycles. The average Bonchev–Trinajstić information content (AvgIpc) is 3.49. The van der Waals surface area contributed by atoms with E-state index in [-0.39, 0.29) is 17.0 Å². The topological polar surface area (TPSA) is 90.5 Å². The quantitative estimate of drug-likeness (QED) is 0.414. The van der Waals surface area contributed by atoms with Gasteiger partial charge in [0.2, 0.25) is 0 Å². The Balaban J connectivity index is 0.00000112. The molecule has 1 aromatic carbocycles. The third-order valence-electron chi connectivity index (χ3n) is 7.31. The molecule has 2 aliphatic rings. The van der Waals surface area contributed by atoms with Crippen LogP contribution >= 0.6 is 11.3 Å². The second-order valence-electron chi connectivity index (χ2n) is 10.1. The van der Waals surface area contributed by atoms with Gasteiger partial charge in [-0.1, -0.05) is 30.3 Å². The van der Waals surface area contributed by atoms with Crippen molar-refractivity contribution in [3.05, 3.63) is 53.2 Å². The second kappa shape index (κ2) is 13.8. The standard InChI is InChI=1S/C26H33F3N6S.O2S/c1-34-10-5-8-19(34)14-30-23-16-35(15-18-6-3-2-4-7-18)11-9-22(23)33-24-21-12-20(13-26(27,28)29)36-25(21)32-17-31-24;1-3-2/h2-4,6-7,12,17,19,22-23,30H,5,8-11,13-16H2,1H3,(H,31,32,33);/t19-,22-,23-;/m0./s1. The number of rotatable bonds is 8. The van der Waals surface area contributed by atoms with E-state index in [2.05, 4.69) is 61.7 Å². The Morgan fingerprint density at radius 3 is 2.56 bits per heavy atom. The third-order valence-corrected chi connectivity index (χ3v) is 8.35. The first-order valence-corrected chi connectivity index (χ1v) is 14.4. The molecule has 0 aliphatic carbocycles. The summed E-state index contributed by atoms with van der Waals surface area (Å²) in [6, 6.07) is 12.9. The van der Waals surface area contributed by atoms with E-state index in [4.69, 9.17) is 8.42 Å². The molecule has 2 aliphatic heterocycles. The molecule has 3 atom stereocenters. The Labute approximate surface area is 233 Å². The molecule has 2 fully saturated rings. The van der Waals surface area contributed by atoms with Gasteiger partial charge in [-0.05, 0) is 44.5 Å². The Kier molecular flexibility index (Phi) is 10.4. The lowest BCUT2D eigenvalue weighted by Gasteiger charge is -2.40. The minimum atomic E-state index is -4.24. The zero-order valence-corrected chi connectivity index (χ0v) is 23.3. The van der Waals surface area contributed by atoms with Crippen molar-refractivity contribution < 1.29 is 21.6 Å². The molecule has 0 saturated carbocycles. The minimum Gasteiger partial charge on any atom is -0.365 e. The van der Waals surface area contributed by atoms with Crippen molar-refractivity contribution >= 4 is 38.9 Å². The number of nitrogens with zero attached hydrogens (tertiary/aromatic N) is 4. The monoisotopic (exact) mass is 582 g/mol. The van der Waals surface area contributed by atoms with Crippen molar-refractivity contribution in [2.75, 3.05) is 38.5 Å². The number of fused-ring (bicyclic) bond motifs is 1. The van der Waals surface area contributed by atoms with E-state index >= 15 is 0 Å². The molecule has 0 radical (unpaired) electrons. The van der Waals surface area contributed by atoms with Crippen LogP contribution in [0, 0.1) is 0 Å². The first kappa shape index (κ1) is 29.5. The van der Waals surface area contributed by atoms with Gasteiger partial charge in [0, 0.05) is 49.2 Å². The summed E-state index contributed by atoms with van der Waals surface area (Å²) in [7, 11) is 2.18. The van der Waals surface area contributed by atoms with Gasteiger partial charge in [0.15, 0.2) is 0 Å². The lowest BCUT2D eigenvalue weighted by molar-refractivity contribution is -0.126. The van der Waals surface area contributed by atoms with Gasteiger partial charge in [-0.15, -0.1) is 11.3 Å². The highest BCUT2D eigenvalue weighted by atomic mass is 32.1. The van der Waals surface area contributed by atoms with Crippen molar-refractivity contribution in [3.63, 3.8) is 0 Å². The molecule has 2 N–H and O–H groups in total. The average molecular weight is 583 g/mol. The second-order valence-corrected chi connectivity index (χ2v) is 11.3. The number of nitrogens with one attached hydrogen (secondary N) is 2. The fourth-order valence-corrected chi connectivity index (χ4v) is 6.42. The maximum Gasteiger partial charge on any atom is 0.393 e. The van der Waals surface area contributed by atoms with Crippen LogP contribution in [0.25, 0.3) is 10.2 Å². The van der Waals surface area contributed by atoms with Crippen molar-refractivity contribution in [2.24, 2.45) is 0 Å². The fraction of sp³-hybridized carbons (Fsp3) is 0.538. The predicted octanol–water partition coefficient (Wildman–Crippen LogP) is 3.86. The molecular formula is C26H33F3N6O2S2. The summed E-state index contributed by atoms with van der Waals surface area (Å²) in [6.07, 6.45) is -0.395. The highest BCUT2D eigenvalue weighted by Crippen LogP contribution is 2.33. The van der Waals surface area contributed by atoms with Crippen molar-refractivity contribution in [1.82, 2.24) is 25.1 Å². The number of hydrogen-bond acceptors (Lipinski definition) is 9. The van der Waals surface area contributed by atoms with Gasteiger partial charge in [0.05, 0.1) is 11.8 Å². The number of thiophene rings is 1. The number of alkyl halides is 3. The van der Waals surface area contributed by atoms with Crippen LogP contribution in [0.4, 0.5) is 19.0 Å². The van der Waals surface area contributed by atoms with Crippen LogP contribution < -0.4 is 10.6 Å². The summed E-state index contributed by atoms with van der Waals surface area (Å²) < 4.78 is 55.5. The lowest BCUT2D eigenvalue weighted by Crippen LogP contribution is -2.57. The summed E-state index contributed by atoms with van der Waals surface area (Å²) in [5.41, 5.74) is 1.30. The summed E-state index contributed by atoms with van der Waals surface area (Å²) in [5.74, 6) is 0.621. The molecule has 2 aromatic heterocycles. The van der Waals surface area contributed by atoms with Gasteiger partial charge in [0.25, 0.3) is 0 Å². The number of hydrogen-bond donors (Lipinski definition) is 2. The number of aromatic nitrogens is 2. The molecule has 8 nitrogen and oxygen atoms in total. The van der Waals surface area contributed by atoms with E-state index in [9.17, 15) is 13.2 Å². The van der Waals surface area contributed by atoms with Gasteiger partial charge in [0.1, 0.15) is 17.0 Å². The minimum absolute atomic E-state index is 0.118. The first-order valence-electron chi connectivity index (χ1n) is 12.9. The zero-order chi connectivity index (χ0) is 27.8. The molecular weight excluding hydrogens is 549 g/mol. The molecule has 0 bridgehead atoms. The van der Waals surface area contributed by atoms with Crippen LogP contribution in [0.2, 0.25) is 0 Å². The molecule has 0 amide bonds. The molecule has 3 aromatic rings. The normalized spacial score (nSPS) is 22.4. The van der Waals surface area contributed by atoms with E-state index in [1.807, 2.05) is 6.07 Å². The van der Waals surface area contributed by atoms with Crippen molar-refractivity contribution in [1.29, 1.82) is 0 Å². The molecule has 13 heteroatoms. The van der Waals surface area contributed by atoms with E-state index in [1.165, 1.54) is 24.7 Å². The van der Waals surface area contributed by atoms with Gasteiger partial charge < -0.3 is 15.5 Å². The molecule has 5 rings (SSSR count). The van der Waals surface area contributed by atoms with Crippen molar-refractivity contribution in [2.45, 2.75) is 56.5 Å². The Hall–Kier alpha value is -2.45. The van der Waals surface area contributed by atoms with Crippen LogP contribution in [0.1, 0.15) is 29.7 Å². The number of likely N-dealkylation sites (N-methyl/N-ethyl adjacent to an activating group) is 1. The molecule has 0 unspecified atom stereocenters. The maximum absolute atomic E-state index is 13.0. The van der Waals surface area contributed by atoms with Gasteiger partial charge in [-0.2, -0.15) is 21.6 Å². The number of halogens is 3. The molecule has 0 spiro atoms. The summed E-state index contributed by atoms with van der Waals surface area (Å²) >= 11 is 0.340. The maximum atomic E-state index is 13.0. The van der Waals surface area contributed by atoms with Crippen LogP contribution in [0.15, 0.2) is 42.7 Å². The summed E-state index contributed by atoms with van der Waals surface area (Å²) in [5, 5.41) is 8.09. The van der Waals surface area contributed by atoms with Crippen LogP contribution in [-0.2, 0) is 24.5 Å². The number of piperidine rings is 1. The first-order chi connectivity index (χ1) is 18.8. The Bertz CT molecular complexity index is 1240. The molecule has 39 heavy (non-hydrogen) atoms. The van der Waals surface area contributed by atoms with E-state index in [0.29, 0.717) is 22.1 Å². The molecule has 212 valence electrons. The van der Waals surface area contributed by atoms with Crippen LogP contribution in [0.3, 0.4) is 0 Å². The van der Waals surface area contributed by atoms with E-state index in [0.717, 1.165) is 50.5 Å². The van der Waals surface area contributed by atoms with Crippen molar-refractivity contribution in [3.8, 4) is 0 Å². The summed E-state index contributed by atoms with van der Waals surface area (Å²) in [4.78, 5) is 14.4. The molecule has 4 heterocycles. The zero-order valence-electron chi connectivity index (χ0n) is 21.7. The van der Waals surface area contributed by atoms with E-state index < -0.39 is 24.2 Å². The lowest BCUT2D eigenvalue weighted by atomic mass is 9.97. The number of benzene rings is 1. The van der Waals surface area contributed by atoms with Crippen LogP contribution in [-0.4, -0.2) is 85.7 Å². The van der Waals surface area contributed by atoms with Gasteiger partial charge in [-0.25, -0.2) is 9.97 Å². The smallest absolute Gasteiger partial charge is 0.365 e. The predicted molar refractivity (Wildman–Crippen MR) is 147 cm³/mol. The van der Waals surface area contributed by atoms with Crippen LogP contribution in [0.5, 0.6) is 0 Å². The fourth-order valence-electron chi connectivity index (χ4n) is 5.39. The van der Waals surface area contributed by atoms with Gasteiger partial charge >= 0.3 is 17.7 Å². The van der Waals surface area contributed by atoms with Gasteiger partial charge in [-0.3, -0.25) is 4.90 Å². The Morgan fingerprint density at radius 2 is 1.87 bits per heavy atom. The number of likely N-dealkylation sites (tertiary alicyclic amines) is 2. The third kappa shape index (κ3) is 8.52. The number of anilines is 1. The van der Waals surface area contributed by atoms with E-state index in [1.54, 1.807) is 6.07 Å². The SMILES string of the molecule is CN1CCC[C@H]1CN[C@H]1CN(Cc2ccccc2)CC[C@@H]1Nc1ncnc2sc(CC(F)(F)F)cc12.O=S=O. The largest absolute Gasteiger partial charge is 0.393 e.